The minimum atomic E-state index is -4.19. The zero-order valence-electron chi connectivity index (χ0n) is 15.0. The molecule has 0 radical (unpaired) electrons. The molecule has 0 atom stereocenters. The summed E-state index contributed by atoms with van der Waals surface area (Å²) in [5.41, 5.74) is 0.662. The Morgan fingerprint density at radius 1 is 1.04 bits per heavy atom. The zero-order chi connectivity index (χ0) is 18.9. The fourth-order valence-electron chi connectivity index (χ4n) is 2.22. The summed E-state index contributed by atoms with van der Waals surface area (Å²) in [7, 11) is -4.19. The number of benzene rings is 1. The van der Waals surface area contributed by atoms with Crippen molar-refractivity contribution in [1.82, 2.24) is 0 Å². The van der Waals surface area contributed by atoms with Crippen molar-refractivity contribution in [3.8, 4) is 5.75 Å². The number of aromatic hydroxyl groups is 1. The number of esters is 1. The molecule has 6 nitrogen and oxygen atoms in total. The zero-order valence-corrected chi connectivity index (χ0v) is 15.8. The molecule has 0 unspecified atom stereocenters. The van der Waals surface area contributed by atoms with Gasteiger partial charge in [0, 0.05) is 11.1 Å². The first-order valence-electron chi connectivity index (χ1n) is 7.63. The first-order valence-corrected chi connectivity index (χ1v) is 9.24. The lowest BCUT2D eigenvalue weighted by Crippen LogP contribution is -2.20. The molecular formula is C17H26O6S. The van der Waals surface area contributed by atoms with Crippen LogP contribution in [-0.2, 0) is 25.7 Å². The molecule has 1 rings (SSSR count). The molecule has 0 spiro atoms. The van der Waals surface area contributed by atoms with Crippen LogP contribution in [0.4, 0.5) is 0 Å². The Hall–Kier alpha value is -1.60. The maximum atomic E-state index is 12.2. The fraction of sp³-hybridized carbons (Fsp3) is 0.588. The quantitative estimate of drug-likeness (QED) is 0.634. The van der Waals surface area contributed by atoms with E-state index in [2.05, 4.69) is 0 Å². The molecule has 0 bridgehead atoms. The van der Waals surface area contributed by atoms with Crippen LogP contribution in [0.25, 0.3) is 0 Å². The number of ether oxygens (including phenoxy) is 1. The summed E-state index contributed by atoms with van der Waals surface area (Å²) in [6.07, 6.45) is 0. The lowest BCUT2D eigenvalue weighted by Gasteiger charge is -2.27. The molecule has 0 fully saturated rings. The molecule has 1 aromatic carbocycles. The third-order valence-electron chi connectivity index (χ3n) is 3.54. The van der Waals surface area contributed by atoms with Gasteiger partial charge in [-0.2, -0.15) is 8.42 Å². The molecule has 2 N–H and O–H groups in total. The van der Waals surface area contributed by atoms with Crippen molar-refractivity contribution in [3.63, 3.8) is 0 Å². The second-order valence-corrected chi connectivity index (χ2v) is 9.41. The number of phenols is 1. The van der Waals surface area contributed by atoms with Gasteiger partial charge in [-0.15, -0.1) is 0 Å². The summed E-state index contributed by atoms with van der Waals surface area (Å²) >= 11 is 0. The van der Waals surface area contributed by atoms with Crippen molar-refractivity contribution in [2.75, 3.05) is 12.4 Å². The fourth-order valence-corrected chi connectivity index (χ4v) is 2.51. The first-order chi connectivity index (χ1) is 10.6. The van der Waals surface area contributed by atoms with Gasteiger partial charge in [-0.05, 0) is 23.0 Å². The van der Waals surface area contributed by atoms with Gasteiger partial charge in [0.25, 0.3) is 10.1 Å². The van der Waals surface area contributed by atoms with Gasteiger partial charge >= 0.3 is 5.97 Å². The van der Waals surface area contributed by atoms with E-state index in [1.54, 1.807) is 12.1 Å². The lowest BCUT2D eigenvalue weighted by molar-refractivity contribution is 0.0528. The summed E-state index contributed by atoms with van der Waals surface area (Å²) in [6, 6.07) is 3.11. The molecule has 0 aliphatic heterocycles. The minimum absolute atomic E-state index is 0.143. The van der Waals surface area contributed by atoms with Crippen LogP contribution in [0.15, 0.2) is 12.1 Å². The monoisotopic (exact) mass is 358 g/mol. The summed E-state index contributed by atoms with van der Waals surface area (Å²) in [6.45, 7) is 11.1. The highest BCUT2D eigenvalue weighted by Crippen LogP contribution is 2.39. The average Bonchev–Trinajstić information content (AvgIpc) is 2.34. The van der Waals surface area contributed by atoms with E-state index in [1.807, 2.05) is 41.5 Å². The SMILES string of the molecule is CC(C)(C)c1cc(C(=O)OCCS(=O)(=O)O)cc(C(C)(C)C)c1O. The number of carbonyl (C=O) groups is 1. The molecule has 24 heavy (non-hydrogen) atoms. The van der Waals surface area contributed by atoms with E-state index in [0.717, 1.165) is 0 Å². The van der Waals surface area contributed by atoms with Crippen LogP contribution in [0.3, 0.4) is 0 Å². The van der Waals surface area contributed by atoms with Crippen molar-refractivity contribution in [3.05, 3.63) is 28.8 Å². The van der Waals surface area contributed by atoms with Gasteiger partial charge in [0.2, 0.25) is 0 Å². The Balaban J connectivity index is 3.26. The van der Waals surface area contributed by atoms with E-state index >= 15 is 0 Å². The smallest absolute Gasteiger partial charge is 0.338 e. The highest BCUT2D eigenvalue weighted by atomic mass is 32.2. The Labute approximate surface area is 143 Å². The third-order valence-corrected chi connectivity index (χ3v) is 4.22. The summed E-state index contributed by atoms with van der Waals surface area (Å²) in [5.74, 6) is -1.21. The van der Waals surface area contributed by atoms with Crippen LogP contribution in [0.5, 0.6) is 5.75 Å². The number of carbonyl (C=O) groups excluding carboxylic acids is 1. The van der Waals surface area contributed by atoms with Gasteiger partial charge in [0.15, 0.2) is 0 Å². The van der Waals surface area contributed by atoms with Gasteiger partial charge < -0.3 is 9.84 Å². The van der Waals surface area contributed by atoms with Crippen molar-refractivity contribution in [1.29, 1.82) is 0 Å². The number of hydrogen-bond donors (Lipinski definition) is 2. The number of phenolic OH excluding ortho intramolecular Hbond substituents is 1. The largest absolute Gasteiger partial charge is 0.507 e. The minimum Gasteiger partial charge on any atom is -0.507 e. The standard InChI is InChI=1S/C17H26O6S/c1-16(2,3)12-9-11(10-13(14(12)18)17(4,5)6)15(19)23-7-8-24(20,21)22/h9-10,18H,7-8H2,1-6H3,(H,20,21,22). The maximum Gasteiger partial charge on any atom is 0.338 e. The number of rotatable bonds is 4. The van der Waals surface area contributed by atoms with Crippen LogP contribution in [0.1, 0.15) is 63.0 Å². The predicted octanol–water partition coefficient (Wildman–Crippen LogP) is 3.03. The lowest BCUT2D eigenvalue weighted by atomic mass is 9.78. The molecular weight excluding hydrogens is 332 g/mol. The Kier molecular flexibility index (Phi) is 5.73. The molecule has 0 aliphatic carbocycles. The molecule has 0 saturated carbocycles. The van der Waals surface area contributed by atoms with E-state index in [4.69, 9.17) is 9.29 Å². The molecule has 1 aromatic rings. The second-order valence-electron chi connectivity index (χ2n) is 7.84. The van der Waals surface area contributed by atoms with Crippen molar-refractivity contribution in [2.24, 2.45) is 0 Å². The Morgan fingerprint density at radius 2 is 1.46 bits per heavy atom. The second kappa shape index (κ2) is 6.72. The Morgan fingerprint density at radius 3 is 1.79 bits per heavy atom. The average molecular weight is 358 g/mol. The molecule has 0 aromatic heterocycles. The summed E-state index contributed by atoms with van der Waals surface area (Å²) < 4.78 is 35.0. The predicted molar refractivity (Wildman–Crippen MR) is 92.2 cm³/mol. The third kappa shape index (κ3) is 5.49. The van der Waals surface area contributed by atoms with Crippen molar-refractivity contribution >= 4 is 16.1 Å². The van der Waals surface area contributed by atoms with Gasteiger partial charge in [-0.25, -0.2) is 4.79 Å². The van der Waals surface area contributed by atoms with Crippen molar-refractivity contribution in [2.45, 2.75) is 52.4 Å². The van der Waals surface area contributed by atoms with Gasteiger partial charge in [-0.3, -0.25) is 4.55 Å². The maximum absolute atomic E-state index is 12.2. The van der Waals surface area contributed by atoms with E-state index in [0.29, 0.717) is 11.1 Å². The highest BCUT2D eigenvalue weighted by molar-refractivity contribution is 7.85. The van der Waals surface area contributed by atoms with Crippen LogP contribution in [-0.4, -0.2) is 36.4 Å². The highest BCUT2D eigenvalue weighted by Gasteiger charge is 2.28. The first kappa shape index (κ1) is 20.4. The summed E-state index contributed by atoms with van der Waals surface area (Å²) in [5, 5.41) is 10.6. The van der Waals surface area contributed by atoms with Gasteiger partial charge in [0.1, 0.15) is 18.1 Å². The summed E-state index contributed by atoms with van der Waals surface area (Å²) in [4.78, 5) is 12.2. The van der Waals surface area contributed by atoms with Gasteiger partial charge in [-0.1, -0.05) is 41.5 Å². The van der Waals surface area contributed by atoms with E-state index < -0.39 is 39.3 Å². The molecule has 0 amide bonds. The van der Waals surface area contributed by atoms with Crippen LogP contribution >= 0.6 is 0 Å². The molecule has 0 saturated heterocycles. The molecule has 0 aliphatic rings. The normalized spacial score (nSPS) is 13.0. The topological polar surface area (TPSA) is 101 Å². The van der Waals surface area contributed by atoms with E-state index in [9.17, 15) is 18.3 Å². The van der Waals surface area contributed by atoms with Crippen molar-refractivity contribution < 1.29 is 27.6 Å². The van der Waals surface area contributed by atoms with Gasteiger partial charge in [0.05, 0.1) is 5.56 Å². The Bertz CT molecular complexity index is 685. The molecule has 136 valence electrons. The number of hydrogen-bond acceptors (Lipinski definition) is 5. The molecule has 0 heterocycles. The van der Waals surface area contributed by atoms with E-state index in [-0.39, 0.29) is 11.3 Å². The van der Waals surface area contributed by atoms with Crippen LogP contribution < -0.4 is 0 Å². The van der Waals surface area contributed by atoms with E-state index in [1.165, 1.54) is 0 Å². The van der Waals surface area contributed by atoms with Crippen LogP contribution in [0, 0.1) is 0 Å². The van der Waals surface area contributed by atoms with Crippen LogP contribution in [0.2, 0.25) is 0 Å². The molecule has 7 heteroatoms.